The van der Waals surface area contributed by atoms with E-state index in [9.17, 15) is 0 Å². The predicted octanol–water partition coefficient (Wildman–Crippen LogP) is 5.05. The van der Waals surface area contributed by atoms with Gasteiger partial charge in [0.25, 0.3) is 0 Å². The molecule has 6 heteroatoms. The van der Waals surface area contributed by atoms with Crippen molar-refractivity contribution in [1.82, 2.24) is 9.97 Å². The van der Waals surface area contributed by atoms with Gasteiger partial charge in [-0.3, -0.25) is 0 Å². The highest BCUT2D eigenvalue weighted by Gasteiger charge is 2.07. The van der Waals surface area contributed by atoms with E-state index in [1.807, 2.05) is 19.1 Å². The number of hydrogen-bond acceptors (Lipinski definition) is 4. The van der Waals surface area contributed by atoms with Crippen LogP contribution in [0.4, 0.5) is 17.3 Å². The van der Waals surface area contributed by atoms with E-state index in [2.05, 4.69) is 34.4 Å². The Hall–Kier alpha value is -1.52. The molecule has 0 saturated heterocycles. The highest BCUT2D eigenvalue weighted by molar-refractivity contribution is 6.36. The molecule has 21 heavy (non-hydrogen) atoms. The van der Waals surface area contributed by atoms with E-state index in [4.69, 9.17) is 23.2 Å². The molecule has 0 amide bonds. The van der Waals surface area contributed by atoms with Crippen molar-refractivity contribution in [3.63, 3.8) is 0 Å². The van der Waals surface area contributed by atoms with Crippen LogP contribution in [-0.4, -0.2) is 16.0 Å². The van der Waals surface area contributed by atoms with Crippen molar-refractivity contribution < 1.29 is 0 Å². The van der Waals surface area contributed by atoms with E-state index >= 15 is 0 Å². The van der Waals surface area contributed by atoms with Crippen LogP contribution < -0.4 is 10.6 Å². The van der Waals surface area contributed by atoms with Crippen molar-refractivity contribution >= 4 is 40.5 Å². The lowest BCUT2D eigenvalue weighted by atomic mass is 10.2. The van der Waals surface area contributed by atoms with E-state index in [0.717, 1.165) is 17.9 Å². The monoisotopic (exact) mass is 324 g/mol. The Morgan fingerprint density at radius 1 is 1.14 bits per heavy atom. The summed E-state index contributed by atoms with van der Waals surface area (Å²) in [6, 6.07) is 7.51. The minimum atomic E-state index is 0.353. The fraction of sp³-hybridized carbons (Fsp3) is 0.333. The molecule has 1 heterocycles. The SMILES string of the molecule is CCC(C)Nc1cc(Nc2ccc(Cl)cc2Cl)nc(C)n1. The zero-order chi connectivity index (χ0) is 15.4. The summed E-state index contributed by atoms with van der Waals surface area (Å²) in [5.74, 6) is 2.18. The fourth-order valence-corrected chi connectivity index (χ4v) is 2.24. The lowest BCUT2D eigenvalue weighted by Gasteiger charge is -2.14. The van der Waals surface area contributed by atoms with Crippen LogP contribution in [0.2, 0.25) is 10.0 Å². The number of nitrogens with zero attached hydrogens (tertiary/aromatic N) is 2. The number of benzene rings is 1. The highest BCUT2D eigenvalue weighted by atomic mass is 35.5. The number of anilines is 3. The maximum Gasteiger partial charge on any atom is 0.136 e. The number of aryl methyl sites for hydroxylation is 1. The highest BCUT2D eigenvalue weighted by Crippen LogP contribution is 2.28. The molecule has 0 fully saturated rings. The van der Waals surface area contributed by atoms with Crippen LogP contribution in [0.3, 0.4) is 0 Å². The Labute approximate surface area is 134 Å². The number of aromatic nitrogens is 2. The average molecular weight is 325 g/mol. The molecule has 0 aliphatic heterocycles. The lowest BCUT2D eigenvalue weighted by molar-refractivity contribution is 0.757. The summed E-state index contributed by atoms with van der Waals surface area (Å²) in [5, 5.41) is 7.68. The molecule has 2 aromatic rings. The third-order valence-electron chi connectivity index (χ3n) is 3.04. The smallest absolute Gasteiger partial charge is 0.136 e. The molecule has 1 aromatic heterocycles. The van der Waals surface area contributed by atoms with E-state index in [1.165, 1.54) is 0 Å². The van der Waals surface area contributed by atoms with Crippen LogP contribution in [0.5, 0.6) is 0 Å². The van der Waals surface area contributed by atoms with Crippen molar-refractivity contribution in [3.8, 4) is 0 Å². The summed E-state index contributed by atoms with van der Waals surface area (Å²) in [7, 11) is 0. The fourth-order valence-electron chi connectivity index (χ4n) is 1.79. The zero-order valence-corrected chi connectivity index (χ0v) is 13.8. The second-order valence-corrected chi connectivity index (χ2v) is 5.73. The third kappa shape index (κ3) is 4.48. The minimum absolute atomic E-state index is 0.353. The summed E-state index contributed by atoms with van der Waals surface area (Å²) >= 11 is 12.1. The molecule has 1 atom stereocenters. The molecule has 0 spiro atoms. The molecule has 4 nitrogen and oxygen atoms in total. The van der Waals surface area contributed by atoms with Gasteiger partial charge in [-0.05, 0) is 38.5 Å². The number of hydrogen-bond donors (Lipinski definition) is 2. The number of halogens is 2. The van der Waals surface area contributed by atoms with Crippen LogP contribution in [0.15, 0.2) is 24.3 Å². The van der Waals surface area contributed by atoms with Crippen molar-refractivity contribution in [2.45, 2.75) is 33.2 Å². The molecule has 0 bridgehead atoms. The summed E-state index contributed by atoms with van der Waals surface area (Å²) in [6.45, 7) is 6.09. The first-order chi connectivity index (χ1) is 9.97. The van der Waals surface area contributed by atoms with Crippen LogP contribution in [0.25, 0.3) is 0 Å². The Morgan fingerprint density at radius 2 is 1.86 bits per heavy atom. The van der Waals surface area contributed by atoms with E-state index in [-0.39, 0.29) is 0 Å². The van der Waals surface area contributed by atoms with Gasteiger partial charge in [0, 0.05) is 17.1 Å². The molecule has 0 saturated carbocycles. The Balaban J connectivity index is 2.23. The number of rotatable bonds is 5. The molecular weight excluding hydrogens is 307 g/mol. The van der Waals surface area contributed by atoms with Gasteiger partial charge in [0.15, 0.2) is 0 Å². The molecule has 2 N–H and O–H groups in total. The molecular formula is C15H18Cl2N4. The zero-order valence-electron chi connectivity index (χ0n) is 12.2. The van der Waals surface area contributed by atoms with Crippen LogP contribution >= 0.6 is 23.2 Å². The van der Waals surface area contributed by atoms with Crippen molar-refractivity contribution in [1.29, 1.82) is 0 Å². The van der Waals surface area contributed by atoms with Gasteiger partial charge in [-0.15, -0.1) is 0 Å². The topological polar surface area (TPSA) is 49.8 Å². The Kier molecular flexibility index (Phi) is 5.26. The van der Waals surface area contributed by atoms with Crippen molar-refractivity contribution in [3.05, 3.63) is 40.1 Å². The third-order valence-corrected chi connectivity index (χ3v) is 3.59. The van der Waals surface area contributed by atoms with Gasteiger partial charge < -0.3 is 10.6 Å². The van der Waals surface area contributed by atoms with Gasteiger partial charge in [0.1, 0.15) is 17.5 Å². The van der Waals surface area contributed by atoms with Crippen LogP contribution in [-0.2, 0) is 0 Å². The summed E-state index contributed by atoms with van der Waals surface area (Å²) < 4.78 is 0. The average Bonchev–Trinajstić information content (AvgIpc) is 2.41. The van der Waals surface area contributed by atoms with Crippen LogP contribution in [0, 0.1) is 6.92 Å². The second kappa shape index (κ2) is 6.96. The largest absolute Gasteiger partial charge is 0.367 e. The maximum atomic E-state index is 6.16. The van der Waals surface area contributed by atoms with Gasteiger partial charge in [0.05, 0.1) is 10.7 Å². The van der Waals surface area contributed by atoms with Gasteiger partial charge in [-0.1, -0.05) is 30.1 Å². The normalized spacial score (nSPS) is 12.0. The first kappa shape index (κ1) is 15.9. The van der Waals surface area contributed by atoms with Gasteiger partial charge in [-0.25, -0.2) is 9.97 Å². The molecule has 1 aromatic carbocycles. The number of nitrogens with one attached hydrogen (secondary N) is 2. The summed E-state index contributed by atoms with van der Waals surface area (Å²) in [4.78, 5) is 8.76. The molecule has 0 aliphatic rings. The quantitative estimate of drug-likeness (QED) is 0.808. The summed E-state index contributed by atoms with van der Waals surface area (Å²) in [5.41, 5.74) is 0.758. The Morgan fingerprint density at radius 3 is 2.52 bits per heavy atom. The van der Waals surface area contributed by atoms with Gasteiger partial charge >= 0.3 is 0 Å². The maximum absolute atomic E-state index is 6.16. The molecule has 0 radical (unpaired) electrons. The van der Waals surface area contributed by atoms with Gasteiger partial charge in [0.2, 0.25) is 0 Å². The first-order valence-corrected chi connectivity index (χ1v) is 7.58. The van der Waals surface area contributed by atoms with E-state index in [0.29, 0.717) is 27.7 Å². The molecule has 2 rings (SSSR count). The second-order valence-electron chi connectivity index (χ2n) is 4.89. The molecule has 112 valence electrons. The standard InChI is InChI=1S/C15H18Cl2N4/c1-4-9(2)18-14-8-15(20-10(3)19-14)21-13-6-5-11(16)7-12(13)17/h5-9H,4H2,1-3H3,(H2,18,19,20,21). The van der Waals surface area contributed by atoms with Crippen LogP contribution in [0.1, 0.15) is 26.1 Å². The minimum Gasteiger partial charge on any atom is -0.367 e. The first-order valence-electron chi connectivity index (χ1n) is 6.82. The summed E-state index contributed by atoms with van der Waals surface area (Å²) in [6.07, 6.45) is 1.02. The van der Waals surface area contributed by atoms with E-state index in [1.54, 1.807) is 12.1 Å². The molecule has 1 unspecified atom stereocenters. The predicted molar refractivity (Wildman–Crippen MR) is 89.9 cm³/mol. The van der Waals surface area contributed by atoms with Crippen molar-refractivity contribution in [2.75, 3.05) is 10.6 Å². The van der Waals surface area contributed by atoms with Crippen molar-refractivity contribution in [2.24, 2.45) is 0 Å². The molecule has 0 aliphatic carbocycles. The van der Waals surface area contributed by atoms with Gasteiger partial charge in [-0.2, -0.15) is 0 Å². The lowest BCUT2D eigenvalue weighted by Crippen LogP contribution is -2.15. The van der Waals surface area contributed by atoms with E-state index < -0.39 is 0 Å². The Bertz CT molecular complexity index is 631.